The minimum Gasteiger partial charge on any atom is -0.323 e. The fraction of sp³-hybridized carbons (Fsp3) is 0.357. The molecule has 0 fully saturated rings. The summed E-state index contributed by atoms with van der Waals surface area (Å²) in [7, 11) is 0. The second kappa shape index (κ2) is 4.34. The predicted molar refractivity (Wildman–Crippen MR) is 73.1 cm³/mol. The van der Waals surface area contributed by atoms with E-state index in [4.69, 9.17) is 10.8 Å². The monoisotopic (exact) mass is 229 g/mol. The zero-order valence-corrected chi connectivity index (χ0v) is 10.9. The first-order valence-corrected chi connectivity index (χ1v) is 5.95. The fourth-order valence-corrected chi connectivity index (χ4v) is 2.48. The number of hydrazine groups is 1. The third kappa shape index (κ3) is 1.87. The molecule has 0 saturated heterocycles. The average Bonchev–Trinajstić information content (AvgIpc) is 2.28. The molecule has 17 heavy (non-hydrogen) atoms. The summed E-state index contributed by atoms with van der Waals surface area (Å²) >= 11 is 0. The van der Waals surface area contributed by atoms with Crippen LogP contribution in [-0.4, -0.2) is 4.98 Å². The molecule has 0 radical (unpaired) electrons. The molecule has 1 aromatic carbocycles. The summed E-state index contributed by atoms with van der Waals surface area (Å²) in [5.74, 6) is 5.68. The van der Waals surface area contributed by atoms with Crippen LogP contribution in [0, 0.1) is 20.8 Å². The van der Waals surface area contributed by atoms with E-state index in [-0.39, 0.29) is 0 Å². The summed E-state index contributed by atoms with van der Waals surface area (Å²) in [5, 5.41) is 1.12. The lowest BCUT2D eigenvalue weighted by Gasteiger charge is -2.15. The summed E-state index contributed by atoms with van der Waals surface area (Å²) in [6.07, 6.45) is 0.932. The lowest BCUT2D eigenvalue weighted by atomic mass is 10.0. The molecule has 1 aromatic heterocycles. The van der Waals surface area contributed by atoms with Crippen LogP contribution in [0.25, 0.3) is 10.9 Å². The maximum Gasteiger partial charge on any atom is 0.0755 e. The van der Waals surface area contributed by atoms with Crippen LogP contribution in [0.2, 0.25) is 0 Å². The number of aryl methyl sites for hydroxylation is 3. The highest BCUT2D eigenvalue weighted by atomic mass is 15.2. The maximum absolute atomic E-state index is 5.68. The Morgan fingerprint density at radius 1 is 1.24 bits per heavy atom. The molecule has 3 heteroatoms. The second-order valence-corrected chi connectivity index (χ2v) is 4.53. The van der Waals surface area contributed by atoms with Crippen molar-refractivity contribution in [1.82, 2.24) is 4.98 Å². The zero-order valence-electron chi connectivity index (χ0n) is 10.9. The number of hydrogen-bond donors (Lipinski definition) is 2. The summed E-state index contributed by atoms with van der Waals surface area (Å²) in [6, 6.07) is 4.30. The molecular weight excluding hydrogens is 210 g/mol. The van der Waals surface area contributed by atoms with Gasteiger partial charge in [-0.05, 0) is 44.4 Å². The van der Waals surface area contributed by atoms with E-state index in [2.05, 4.69) is 38.3 Å². The molecule has 0 amide bonds. The standard InChI is InChI=1S/C14H19N3/c1-5-11-10(4)16-13-9(3)6-8(2)7-12(13)14(11)17-15/h6-7H,5,15H2,1-4H3,(H,16,17). The quantitative estimate of drug-likeness (QED) is 0.615. The number of fused-ring (bicyclic) bond motifs is 1. The van der Waals surface area contributed by atoms with E-state index < -0.39 is 0 Å². The van der Waals surface area contributed by atoms with E-state index in [0.717, 1.165) is 28.7 Å². The van der Waals surface area contributed by atoms with E-state index in [9.17, 15) is 0 Å². The van der Waals surface area contributed by atoms with Crippen molar-refractivity contribution in [3.8, 4) is 0 Å². The molecule has 0 bridgehead atoms. The Hall–Kier alpha value is -1.61. The van der Waals surface area contributed by atoms with Crippen LogP contribution < -0.4 is 11.3 Å². The largest absolute Gasteiger partial charge is 0.323 e. The molecule has 0 saturated carbocycles. The number of hydrogen-bond acceptors (Lipinski definition) is 3. The summed E-state index contributed by atoms with van der Waals surface area (Å²) in [4.78, 5) is 4.70. The van der Waals surface area contributed by atoms with Gasteiger partial charge in [-0.25, -0.2) is 0 Å². The third-order valence-electron chi connectivity index (χ3n) is 3.23. The van der Waals surface area contributed by atoms with Crippen LogP contribution in [-0.2, 0) is 6.42 Å². The Labute approximate surface area is 102 Å². The molecule has 0 atom stereocenters. The molecule has 0 unspecified atom stereocenters. The highest BCUT2D eigenvalue weighted by Crippen LogP contribution is 2.30. The highest BCUT2D eigenvalue weighted by Gasteiger charge is 2.12. The van der Waals surface area contributed by atoms with E-state index in [0.29, 0.717) is 0 Å². The Bertz CT molecular complexity index is 573. The van der Waals surface area contributed by atoms with E-state index in [1.54, 1.807) is 0 Å². The van der Waals surface area contributed by atoms with Gasteiger partial charge in [0.25, 0.3) is 0 Å². The van der Waals surface area contributed by atoms with Crippen LogP contribution in [0.5, 0.6) is 0 Å². The molecule has 0 spiro atoms. The maximum atomic E-state index is 5.68. The summed E-state index contributed by atoms with van der Waals surface area (Å²) < 4.78 is 0. The first-order valence-electron chi connectivity index (χ1n) is 5.95. The SMILES string of the molecule is CCc1c(C)nc2c(C)cc(C)cc2c1NN. The molecular formula is C14H19N3. The Morgan fingerprint density at radius 2 is 1.94 bits per heavy atom. The lowest BCUT2D eigenvalue weighted by Crippen LogP contribution is -2.12. The molecule has 3 nitrogen and oxygen atoms in total. The van der Waals surface area contributed by atoms with Crippen molar-refractivity contribution in [2.75, 3.05) is 5.43 Å². The van der Waals surface area contributed by atoms with Gasteiger partial charge in [0.15, 0.2) is 0 Å². The molecule has 2 aromatic rings. The van der Waals surface area contributed by atoms with Gasteiger partial charge >= 0.3 is 0 Å². The van der Waals surface area contributed by atoms with E-state index >= 15 is 0 Å². The smallest absolute Gasteiger partial charge is 0.0755 e. The number of nitrogens with two attached hydrogens (primary N) is 1. The molecule has 3 N–H and O–H groups in total. The number of nitrogen functional groups attached to an aromatic ring is 1. The summed E-state index contributed by atoms with van der Waals surface area (Å²) in [6.45, 7) is 8.35. The number of anilines is 1. The predicted octanol–water partition coefficient (Wildman–Crippen LogP) is 3.01. The zero-order chi connectivity index (χ0) is 12.6. The molecule has 90 valence electrons. The topological polar surface area (TPSA) is 50.9 Å². The number of aromatic nitrogens is 1. The normalized spacial score (nSPS) is 10.9. The summed E-state index contributed by atoms with van der Waals surface area (Å²) in [5.41, 5.74) is 9.59. The molecule has 0 aliphatic heterocycles. The van der Waals surface area contributed by atoms with Crippen molar-refractivity contribution in [3.05, 3.63) is 34.5 Å². The van der Waals surface area contributed by atoms with Crippen molar-refractivity contribution in [3.63, 3.8) is 0 Å². The Morgan fingerprint density at radius 3 is 2.53 bits per heavy atom. The van der Waals surface area contributed by atoms with Crippen LogP contribution in [0.1, 0.15) is 29.3 Å². The first-order chi connectivity index (χ1) is 8.08. The van der Waals surface area contributed by atoms with Crippen LogP contribution in [0.3, 0.4) is 0 Å². The van der Waals surface area contributed by atoms with Crippen LogP contribution in [0.4, 0.5) is 5.69 Å². The van der Waals surface area contributed by atoms with Gasteiger partial charge in [0.1, 0.15) is 0 Å². The minimum absolute atomic E-state index is 0.932. The second-order valence-electron chi connectivity index (χ2n) is 4.53. The van der Waals surface area contributed by atoms with Gasteiger partial charge in [0, 0.05) is 11.1 Å². The van der Waals surface area contributed by atoms with Crippen LogP contribution >= 0.6 is 0 Å². The van der Waals surface area contributed by atoms with Gasteiger partial charge in [0.05, 0.1) is 11.2 Å². The van der Waals surface area contributed by atoms with E-state index in [1.807, 2.05) is 6.92 Å². The number of rotatable bonds is 2. The number of pyridine rings is 1. The van der Waals surface area contributed by atoms with Gasteiger partial charge in [-0.1, -0.05) is 18.6 Å². The third-order valence-corrected chi connectivity index (χ3v) is 3.23. The Balaban J connectivity index is 2.93. The van der Waals surface area contributed by atoms with Gasteiger partial charge in [-0.15, -0.1) is 0 Å². The average molecular weight is 229 g/mol. The molecule has 0 aliphatic carbocycles. The van der Waals surface area contributed by atoms with E-state index in [1.165, 1.54) is 16.7 Å². The van der Waals surface area contributed by atoms with Gasteiger partial charge < -0.3 is 5.43 Å². The van der Waals surface area contributed by atoms with Crippen molar-refractivity contribution in [2.45, 2.75) is 34.1 Å². The first kappa shape index (κ1) is 11.9. The lowest BCUT2D eigenvalue weighted by molar-refractivity contribution is 1.06. The highest BCUT2D eigenvalue weighted by molar-refractivity contribution is 5.95. The molecule has 0 aliphatic rings. The number of nitrogens with one attached hydrogen (secondary N) is 1. The fourth-order valence-electron chi connectivity index (χ4n) is 2.48. The minimum atomic E-state index is 0.932. The van der Waals surface area contributed by atoms with Gasteiger partial charge in [0.2, 0.25) is 0 Å². The van der Waals surface area contributed by atoms with Crippen molar-refractivity contribution < 1.29 is 0 Å². The van der Waals surface area contributed by atoms with Gasteiger partial charge in [-0.2, -0.15) is 0 Å². The van der Waals surface area contributed by atoms with Crippen molar-refractivity contribution >= 4 is 16.6 Å². The Kier molecular flexibility index (Phi) is 3.03. The number of nitrogens with zero attached hydrogens (tertiary/aromatic N) is 1. The molecule has 1 heterocycles. The van der Waals surface area contributed by atoms with Crippen LogP contribution in [0.15, 0.2) is 12.1 Å². The number of benzene rings is 1. The molecule has 2 rings (SSSR count). The van der Waals surface area contributed by atoms with Crippen molar-refractivity contribution in [1.29, 1.82) is 0 Å². The van der Waals surface area contributed by atoms with Crippen molar-refractivity contribution in [2.24, 2.45) is 5.84 Å². The van der Waals surface area contributed by atoms with Gasteiger partial charge in [-0.3, -0.25) is 10.8 Å².